The number of fused-ring (bicyclic) bond motifs is 1. The smallest absolute Gasteiger partial charge is 0.416 e. The number of nitrogens with zero attached hydrogens (tertiary/aromatic N) is 2. The Labute approximate surface area is 233 Å². The number of hydrogen-bond acceptors (Lipinski definition) is 4. The van der Waals surface area contributed by atoms with Gasteiger partial charge in [-0.15, -0.1) is 0 Å². The summed E-state index contributed by atoms with van der Waals surface area (Å²) < 4.78 is 132. The Balaban J connectivity index is 2.20. The number of urea groups is 1. The lowest BCUT2D eigenvalue weighted by atomic mass is 9.88. The lowest BCUT2D eigenvalue weighted by molar-refractivity contribution is -0.143. The predicted octanol–water partition coefficient (Wildman–Crippen LogP) is 7.14. The number of nitrogens with two attached hydrogens (primary N) is 1. The van der Waals surface area contributed by atoms with Gasteiger partial charge in [0.05, 0.1) is 47.7 Å². The second kappa shape index (κ2) is 12.3. The van der Waals surface area contributed by atoms with Gasteiger partial charge < -0.3 is 20.1 Å². The van der Waals surface area contributed by atoms with E-state index in [0.29, 0.717) is 35.6 Å². The summed E-state index contributed by atoms with van der Waals surface area (Å²) in [5.74, 6) is 0. The molecule has 2 atom stereocenters. The van der Waals surface area contributed by atoms with Gasteiger partial charge in [0, 0.05) is 13.7 Å². The topological polar surface area (TPSA) is 85.1 Å². The fraction of sp³-hybridized carbons (Fsp3) is 0.462. The number of hydrogen-bond donors (Lipinski definition) is 1. The molecule has 232 valence electrons. The van der Waals surface area contributed by atoms with Crippen LogP contribution < -0.4 is 10.6 Å². The third-order valence-corrected chi connectivity index (χ3v) is 6.48. The zero-order chi connectivity index (χ0) is 31.6. The van der Waals surface area contributed by atoms with Crippen LogP contribution in [-0.4, -0.2) is 43.4 Å². The minimum atomic E-state index is -5.18. The summed E-state index contributed by atoms with van der Waals surface area (Å²) in [5, 5.41) is 0. The molecule has 2 aromatic carbocycles. The number of halogens is 9. The first kappa shape index (κ1) is 32.8. The highest BCUT2D eigenvalue weighted by Gasteiger charge is 2.43. The molecule has 1 aliphatic heterocycles. The summed E-state index contributed by atoms with van der Waals surface area (Å²) in [7, 11) is 1.26. The van der Waals surface area contributed by atoms with E-state index >= 15 is 0 Å². The molecule has 0 saturated carbocycles. The molecule has 0 fully saturated rings. The van der Waals surface area contributed by atoms with Crippen molar-refractivity contribution < 1.29 is 58.6 Å². The van der Waals surface area contributed by atoms with E-state index in [9.17, 15) is 49.1 Å². The molecule has 1 heterocycles. The molecule has 7 nitrogen and oxygen atoms in total. The van der Waals surface area contributed by atoms with Gasteiger partial charge in [-0.2, -0.15) is 39.5 Å². The lowest BCUT2D eigenvalue weighted by Crippen LogP contribution is -2.51. The highest BCUT2D eigenvalue weighted by atomic mass is 19.4. The molecule has 0 spiro atoms. The molecule has 2 aromatic rings. The first-order chi connectivity index (χ1) is 19.4. The Kier molecular flexibility index (Phi) is 9.59. The predicted molar refractivity (Wildman–Crippen MR) is 130 cm³/mol. The maximum Gasteiger partial charge on any atom is 0.416 e. The van der Waals surface area contributed by atoms with Crippen molar-refractivity contribution in [2.75, 3.05) is 25.2 Å². The monoisotopic (exact) mass is 615 g/mol. The largest absolute Gasteiger partial charge is 0.449 e. The Hall–Kier alpha value is -3.69. The number of carbonyl (C=O) groups excluding carboxylic acids is 2. The van der Waals surface area contributed by atoms with Gasteiger partial charge in [-0.25, -0.2) is 9.59 Å². The van der Waals surface area contributed by atoms with Gasteiger partial charge in [0.2, 0.25) is 0 Å². The number of primary amides is 1. The fourth-order valence-corrected chi connectivity index (χ4v) is 4.69. The number of anilines is 1. The van der Waals surface area contributed by atoms with E-state index in [1.807, 2.05) is 0 Å². The normalized spacial score (nSPS) is 17.5. The molecule has 3 amide bonds. The van der Waals surface area contributed by atoms with Crippen molar-refractivity contribution in [1.82, 2.24) is 4.90 Å². The Bertz CT molecular complexity index is 1260. The van der Waals surface area contributed by atoms with Crippen LogP contribution in [-0.2, 0) is 34.5 Å². The molecular formula is C26H26F9N3O4. The van der Waals surface area contributed by atoms with E-state index in [4.69, 9.17) is 15.2 Å². The first-order valence-electron chi connectivity index (χ1n) is 12.4. The molecule has 0 radical (unpaired) electrons. The van der Waals surface area contributed by atoms with Crippen molar-refractivity contribution in [3.8, 4) is 0 Å². The summed E-state index contributed by atoms with van der Waals surface area (Å²) in [4.78, 5) is 27.3. The highest BCUT2D eigenvalue weighted by molar-refractivity contribution is 5.90. The fourth-order valence-electron chi connectivity index (χ4n) is 4.69. The maximum atomic E-state index is 13.7. The molecule has 0 aliphatic carbocycles. The minimum absolute atomic E-state index is 0.0288. The number of methoxy groups -OCH3 is 1. The van der Waals surface area contributed by atoms with Gasteiger partial charge in [-0.05, 0) is 60.4 Å². The standard InChI is InChI=1S/C26H26F9N3O4/c1-3-6-42-23(40)38-18(13-41-2)11-21(19-10-15(24(27,28)29)4-5-20(19)38)37(22(36)39)12-14-7-16(25(30,31)32)9-17(8-14)26(33,34)35/h4-5,7-10,18,21H,3,6,11-13H2,1-2H3,(H2,36,39)/t18-,21-/m0/s1. The van der Waals surface area contributed by atoms with E-state index in [2.05, 4.69) is 0 Å². The zero-order valence-corrected chi connectivity index (χ0v) is 22.2. The molecule has 2 N–H and O–H groups in total. The molecule has 16 heteroatoms. The molecule has 0 bridgehead atoms. The van der Waals surface area contributed by atoms with Gasteiger partial charge >= 0.3 is 30.7 Å². The second-order valence-corrected chi connectivity index (χ2v) is 9.50. The third-order valence-electron chi connectivity index (χ3n) is 6.48. The van der Waals surface area contributed by atoms with Crippen LogP contribution in [0.15, 0.2) is 36.4 Å². The SMILES string of the molecule is CCCOC(=O)N1c2ccc(C(F)(F)F)cc2[C@@H](N(Cc2cc(C(F)(F)F)cc(C(F)(F)F)c2)C(N)=O)C[C@H]1COC. The molecular weight excluding hydrogens is 589 g/mol. The van der Waals surface area contributed by atoms with Gasteiger partial charge in [-0.3, -0.25) is 4.90 Å². The Morgan fingerprint density at radius 3 is 1.98 bits per heavy atom. The second-order valence-electron chi connectivity index (χ2n) is 9.50. The number of alkyl halides is 9. The number of rotatable bonds is 7. The van der Waals surface area contributed by atoms with Gasteiger partial charge in [-0.1, -0.05) is 6.92 Å². The first-order valence-corrected chi connectivity index (χ1v) is 12.4. The van der Waals surface area contributed by atoms with Crippen LogP contribution in [0.25, 0.3) is 0 Å². The van der Waals surface area contributed by atoms with Crippen LogP contribution in [0.2, 0.25) is 0 Å². The van der Waals surface area contributed by atoms with E-state index in [-0.39, 0.29) is 37.0 Å². The molecule has 0 aromatic heterocycles. The summed E-state index contributed by atoms with van der Waals surface area (Å²) in [6.45, 7) is 0.534. The van der Waals surface area contributed by atoms with Crippen molar-refractivity contribution in [3.05, 3.63) is 64.2 Å². The van der Waals surface area contributed by atoms with E-state index < -0.39 is 71.5 Å². The van der Waals surface area contributed by atoms with Gasteiger partial charge in [0.15, 0.2) is 0 Å². The number of carbonyl (C=O) groups is 2. The average Bonchev–Trinajstić information content (AvgIpc) is 2.88. The van der Waals surface area contributed by atoms with Crippen molar-refractivity contribution in [3.63, 3.8) is 0 Å². The summed E-state index contributed by atoms with van der Waals surface area (Å²) >= 11 is 0. The average molecular weight is 615 g/mol. The number of amides is 3. The summed E-state index contributed by atoms with van der Waals surface area (Å²) in [6, 6.07) is -0.753. The van der Waals surface area contributed by atoms with E-state index in [0.717, 1.165) is 11.0 Å². The highest BCUT2D eigenvalue weighted by Crippen LogP contribution is 2.45. The van der Waals surface area contributed by atoms with Gasteiger partial charge in [0.1, 0.15) is 0 Å². The quantitative estimate of drug-likeness (QED) is 0.336. The van der Waals surface area contributed by atoms with Crippen molar-refractivity contribution >= 4 is 17.8 Å². The third kappa shape index (κ3) is 7.38. The van der Waals surface area contributed by atoms with Crippen LogP contribution in [0, 0.1) is 0 Å². The van der Waals surface area contributed by atoms with Gasteiger partial charge in [0.25, 0.3) is 0 Å². The number of benzene rings is 2. The van der Waals surface area contributed by atoms with Crippen LogP contribution in [0.1, 0.15) is 53.6 Å². The van der Waals surface area contributed by atoms with Crippen molar-refractivity contribution in [1.29, 1.82) is 0 Å². The van der Waals surface area contributed by atoms with Crippen molar-refractivity contribution in [2.24, 2.45) is 5.73 Å². The molecule has 0 unspecified atom stereocenters. The lowest BCUT2D eigenvalue weighted by Gasteiger charge is -2.43. The van der Waals surface area contributed by atoms with Crippen LogP contribution in [0.3, 0.4) is 0 Å². The van der Waals surface area contributed by atoms with Crippen LogP contribution in [0.5, 0.6) is 0 Å². The Morgan fingerprint density at radius 1 is 0.929 bits per heavy atom. The summed E-state index contributed by atoms with van der Waals surface area (Å²) in [5.41, 5.74) is -0.00239. The van der Waals surface area contributed by atoms with Crippen molar-refractivity contribution in [2.45, 2.75) is 56.9 Å². The minimum Gasteiger partial charge on any atom is -0.449 e. The van der Waals surface area contributed by atoms with Crippen LogP contribution >= 0.6 is 0 Å². The number of ether oxygens (including phenoxy) is 2. The van der Waals surface area contributed by atoms with E-state index in [1.165, 1.54) is 7.11 Å². The van der Waals surface area contributed by atoms with Crippen LogP contribution in [0.4, 0.5) is 54.8 Å². The van der Waals surface area contributed by atoms with E-state index in [1.54, 1.807) is 6.92 Å². The molecule has 42 heavy (non-hydrogen) atoms. The Morgan fingerprint density at radius 2 is 1.50 bits per heavy atom. The molecule has 0 saturated heterocycles. The summed E-state index contributed by atoms with van der Waals surface area (Å²) in [6.07, 6.45) is -16.1. The maximum absolute atomic E-state index is 13.7. The molecule has 3 rings (SSSR count). The molecule has 1 aliphatic rings. The zero-order valence-electron chi connectivity index (χ0n) is 22.2.